The molecule has 0 unspecified atom stereocenters. The van der Waals surface area contributed by atoms with Crippen LogP contribution in [-0.4, -0.2) is 63.6 Å². The highest BCUT2D eigenvalue weighted by Crippen LogP contribution is 2.30. The first-order chi connectivity index (χ1) is 9.37. The lowest BCUT2D eigenvalue weighted by atomic mass is 9.94. The molecule has 0 spiro atoms. The molecule has 0 saturated carbocycles. The van der Waals surface area contributed by atoms with E-state index >= 15 is 0 Å². The second-order valence-corrected chi connectivity index (χ2v) is 8.14. The number of carboxylic acids is 1. The van der Waals surface area contributed by atoms with Gasteiger partial charge in [-0.25, -0.2) is 4.79 Å². The number of amides is 2. The Morgan fingerprint density at radius 3 is 2.40 bits per heavy atom. The van der Waals surface area contributed by atoms with Crippen molar-refractivity contribution in [3.8, 4) is 0 Å². The second kappa shape index (κ2) is 6.24. The lowest BCUT2D eigenvalue weighted by Crippen LogP contribution is -2.53. The number of rotatable bonds is 2. The van der Waals surface area contributed by atoms with Gasteiger partial charge in [-0.15, -0.1) is 0 Å². The predicted molar refractivity (Wildman–Crippen MR) is 80.1 cm³/mol. The smallest absolute Gasteiger partial charge is 0.320 e. The molecule has 0 aromatic heterocycles. The van der Waals surface area contributed by atoms with Gasteiger partial charge in [0.1, 0.15) is 0 Å². The van der Waals surface area contributed by atoms with Gasteiger partial charge in [0.25, 0.3) is 0 Å². The molecule has 5 nitrogen and oxygen atoms in total. The molecule has 2 saturated heterocycles. The fourth-order valence-corrected chi connectivity index (χ4v) is 4.07. The van der Waals surface area contributed by atoms with Crippen molar-refractivity contribution < 1.29 is 14.7 Å². The van der Waals surface area contributed by atoms with E-state index in [1.165, 1.54) is 0 Å². The van der Waals surface area contributed by atoms with Crippen LogP contribution in [-0.2, 0) is 4.79 Å². The molecule has 1 N–H and O–H groups in total. The normalized spacial score (nSPS) is 23.7. The summed E-state index contributed by atoms with van der Waals surface area (Å²) in [5.41, 5.74) is 0. The third-order valence-electron chi connectivity index (χ3n) is 4.04. The van der Waals surface area contributed by atoms with E-state index in [9.17, 15) is 9.59 Å². The Bertz CT molecular complexity index is 379. The molecular weight excluding hydrogens is 276 g/mol. The molecule has 2 heterocycles. The lowest BCUT2D eigenvalue weighted by Gasteiger charge is -2.41. The van der Waals surface area contributed by atoms with Crippen molar-refractivity contribution in [3.05, 3.63) is 0 Å². The van der Waals surface area contributed by atoms with Crippen LogP contribution in [0.2, 0.25) is 0 Å². The maximum Gasteiger partial charge on any atom is 0.320 e. The molecular formula is C14H24N2O3S. The molecule has 0 bridgehead atoms. The minimum atomic E-state index is -0.732. The van der Waals surface area contributed by atoms with Crippen LogP contribution in [0.25, 0.3) is 0 Å². The number of hydrogen-bond acceptors (Lipinski definition) is 3. The fourth-order valence-electron chi connectivity index (χ4n) is 2.96. The van der Waals surface area contributed by atoms with E-state index in [4.69, 9.17) is 5.11 Å². The molecule has 6 heteroatoms. The summed E-state index contributed by atoms with van der Waals surface area (Å²) in [7, 11) is 0. The zero-order chi connectivity index (χ0) is 14.8. The first-order valence-electron chi connectivity index (χ1n) is 7.27. The van der Waals surface area contributed by atoms with E-state index in [1.807, 2.05) is 21.6 Å². The van der Waals surface area contributed by atoms with Gasteiger partial charge < -0.3 is 14.9 Å². The summed E-state index contributed by atoms with van der Waals surface area (Å²) in [6.07, 6.45) is 1.85. The van der Waals surface area contributed by atoms with E-state index in [2.05, 4.69) is 13.8 Å². The highest BCUT2D eigenvalue weighted by Gasteiger charge is 2.33. The Morgan fingerprint density at radius 1 is 1.20 bits per heavy atom. The Kier molecular flexibility index (Phi) is 4.83. The largest absolute Gasteiger partial charge is 0.481 e. The monoisotopic (exact) mass is 300 g/mol. The van der Waals surface area contributed by atoms with Crippen molar-refractivity contribution in [2.45, 2.75) is 37.9 Å². The van der Waals surface area contributed by atoms with Gasteiger partial charge in [0.2, 0.25) is 0 Å². The van der Waals surface area contributed by atoms with Crippen molar-refractivity contribution in [1.82, 2.24) is 9.80 Å². The standard InChI is InChI=1S/C14H24N2O3S/c1-14(2)10-16(7-8-20-14)13(19)15-5-3-11(4-6-15)9-12(17)18/h11H,3-10H2,1-2H3,(H,17,18). The average molecular weight is 300 g/mol. The van der Waals surface area contributed by atoms with E-state index in [1.54, 1.807) is 0 Å². The summed E-state index contributed by atoms with van der Waals surface area (Å²) in [4.78, 5) is 27.1. The first-order valence-corrected chi connectivity index (χ1v) is 8.25. The number of nitrogens with zero attached hydrogens (tertiary/aromatic N) is 2. The minimum Gasteiger partial charge on any atom is -0.481 e. The summed E-state index contributed by atoms with van der Waals surface area (Å²) < 4.78 is 0.134. The molecule has 2 rings (SSSR count). The number of aliphatic carboxylic acids is 1. The Balaban J connectivity index is 1.84. The van der Waals surface area contributed by atoms with Crippen LogP contribution in [0.1, 0.15) is 33.1 Å². The van der Waals surface area contributed by atoms with Gasteiger partial charge in [-0.2, -0.15) is 11.8 Å². The van der Waals surface area contributed by atoms with Crippen LogP contribution < -0.4 is 0 Å². The van der Waals surface area contributed by atoms with Crippen LogP contribution in [0.4, 0.5) is 4.79 Å². The van der Waals surface area contributed by atoms with E-state index in [-0.39, 0.29) is 23.1 Å². The van der Waals surface area contributed by atoms with Crippen LogP contribution in [0.3, 0.4) is 0 Å². The van der Waals surface area contributed by atoms with E-state index in [0.717, 1.165) is 31.7 Å². The van der Waals surface area contributed by atoms with Gasteiger partial charge in [0.05, 0.1) is 0 Å². The summed E-state index contributed by atoms with van der Waals surface area (Å²) >= 11 is 1.92. The topological polar surface area (TPSA) is 60.9 Å². The third-order valence-corrected chi connectivity index (χ3v) is 5.34. The van der Waals surface area contributed by atoms with Crippen LogP contribution in [0, 0.1) is 5.92 Å². The molecule has 2 aliphatic rings. The van der Waals surface area contributed by atoms with Crippen molar-refractivity contribution >= 4 is 23.8 Å². The molecule has 0 atom stereocenters. The number of thioether (sulfide) groups is 1. The van der Waals surface area contributed by atoms with Crippen LogP contribution in [0.15, 0.2) is 0 Å². The van der Waals surface area contributed by atoms with Gasteiger partial charge in [-0.05, 0) is 32.6 Å². The van der Waals surface area contributed by atoms with Crippen molar-refractivity contribution in [1.29, 1.82) is 0 Å². The maximum atomic E-state index is 12.5. The highest BCUT2D eigenvalue weighted by molar-refractivity contribution is 8.00. The fraction of sp³-hybridized carbons (Fsp3) is 0.857. The Morgan fingerprint density at radius 2 is 1.85 bits per heavy atom. The van der Waals surface area contributed by atoms with Crippen LogP contribution in [0.5, 0.6) is 0 Å². The van der Waals surface area contributed by atoms with Gasteiger partial charge >= 0.3 is 12.0 Å². The summed E-state index contributed by atoms with van der Waals surface area (Å²) in [5.74, 6) is 0.489. The molecule has 0 aromatic carbocycles. The van der Waals surface area contributed by atoms with Crippen molar-refractivity contribution in [2.24, 2.45) is 5.92 Å². The highest BCUT2D eigenvalue weighted by atomic mass is 32.2. The van der Waals surface area contributed by atoms with Gasteiger partial charge in [-0.3, -0.25) is 4.79 Å². The van der Waals surface area contributed by atoms with E-state index in [0.29, 0.717) is 13.1 Å². The number of likely N-dealkylation sites (tertiary alicyclic amines) is 1. The molecule has 0 aromatic rings. The number of carboxylic acid groups (broad SMARTS) is 1. The minimum absolute atomic E-state index is 0.132. The van der Waals surface area contributed by atoms with Gasteiger partial charge in [0, 0.05) is 43.1 Å². The molecule has 2 amide bonds. The molecule has 20 heavy (non-hydrogen) atoms. The third kappa shape index (κ3) is 4.04. The Hall–Kier alpha value is -0.910. The summed E-state index contributed by atoms with van der Waals surface area (Å²) in [6.45, 7) is 7.36. The second-order valence-electron chi connectivity index (χ2n) is 6.34. The number of carbonyl (C=O) groups is 2. The number of urea groups is 1. The molecule has 0 radical (unpaired) electrons. The number of hydrogen-bond donors (Lipinski definition) is 1. The zero-order valence-electron chi connectivity index (χ0n) is 12.3. The predicted octanol–water partition coefficient (Wildman–Crippen LogP) is 2.12. The molecule has 114 valence electrons. The van der Waals surface area contributed by atoms with Gasteiger partial charge in [0.15, 0.2) is 0 Å². The summed E-state index contributed by atoms with van der Waals surface area (Å²) in [5, 5.41) is 8.81. The lowest BCUT2D eigenvalue weighted by molar-refractivity contribution is -0.138. The van der Waals surface area contributed by atoms with Crippen molar-refractivity contribution in [3.63, 3.8) is 0 Å². The van der Waals surface area contributed by atoms with Crippen molar-refractivity contribution in [2.75, 3.05) is 31.9 Å². The van der Waals surface area contributed by atoms with E-state index < -0.39 is 5.97 Å². The zero-order valence-corrected chi connectivity index (χ0v) is 13.1. The number of piperidine rings is 1. The van der Waals surface area contributed by atoms with Crippen LogP contribution >= 0.6 is 11.8 Å². The number of carbonyl (C=O) groups excluding carboxylic acids is 1. The summed E-state index contributed by atoms with van der Waals surface area (Å²) in [6, 6.07) is 0.132. The molecule has 2 fully saturated rings. The quantitative estimate of drug-likeness (QED) is 0.848. The molecule has 0 aliphatic carbocycles. The average Bonchev–Trinajstić information content (AvgIpc) is 2.37. The first kappa shape index (κ1) is 15.5. The Labute approximate surface area is 124 Å². The molecule has 2 aliphatic heterocycles. The SMILES string of the molecule is CC1(C)CN(C(=O)N2CCC(CC(=O)O)CC2)CCS1. The van der Waals surface area contributed by atoms with Gasteiger partial charge in [-0.1, -0.05) is 0 Å². The maximum absolute atomic E-state index is 12.5.